The molecule has 1 aromatic carbocycles. The average Bonchev–Trinajstić information content (AvgIpc) is 2.96. The summed E-state index contributed by atoms with van der Waals surface area (Å²) < 4.78 is 1.46. The van der Waals surface area contributed by atoms with Gasteiger partial charge in [0.2, 0.25) is 0 Å². The van der Waals surface area contributed by atoms with Gasteiger partial charge in [-0.3, -0.25) is 0 Å². The van der Waals surface area contributed by atoms with E-state index in [9.17, 15) is 0 Å². The molecule has 104 valence electrons. The minimum absolute atomic E-state index is 0.165. The zero-order valence-corrected chi connectivity index (χ0v) is 11.8. The van der Waals surface area contributed by atoms with Gasteiger partial charge in [0.25, 0.3) is 5.82 Å². The zero-order valence-electron chi connectivity index (χ0n) is 11.8. The topological polar surface area (TPSA) is 70.1 Å². The lowest BCUT2D eigenvalue weighted by Gasteiger charge is -2.26. The Balaban J connectivity index is 1.98. The number of nitriles is 1. The van der Waals surface area contributed by atoms with Crippen molar-refractivity contribution in [2.45, 2.75) is 13.0 Å². The van der Waals surface area contributed by atoms with Crippen molar-refractivity contribution in [2.75, 3.05) is 11.9 Å². The van der Waals surface area contributed by atoms with Crippen LogP contribution in [-0.4, -0.2) is 26.9 Å². The maximum atomic E-state index is 9.01. The molecule has 3 aromatic rings. The van der Waals surface area contributed by atoms with E-state index in [1.807, 2.05) is 43.4 Å². The molecule has 2 heterocycles. The quantitative estimate of drug-likeness (QED) is 0.734. The van der Waals surface area contributed by atoms with Gasteiger partial charge in [-0.1, -0.05) is 30.3 Å². The van der Waals surface area contributed by atoms with E-state index < -0.39 is 0 Å². The third-order valence-corrected chi connectivity index (χ3v) is 3.57. The second-order valence-electron chi connectivity index (χ2n) is 4.79. The highest BCUT2D eigenvalue weighted by atomic mass is 15.4. The molecule has 6 nitrogen and oxygen atoms in total. The van der Waals surface area contributed by atoms with Gasteiger partial charge in [0, 0.05) is 7.05 Å². The molecule has 0 saturated carbocycles. The lowest BCUT2D eigenvalue weighted by molar-refractivity contribution is 0.713. The summed E-state index contributed by atoms with van der Waals surface area (Å²) in [6.07, 6.45) is 0. The summed E-state index contributed by atoms with van der Waals surface area (Å²) in [6, 6.07) is 16.0. The average molecular weight is 278 g/mol. The Labute approximate surface area is 122 Å². The van der Waals surface area contributed by atoms with E-state index in [1.165, 1.54) is 10.1 Å². The van der Waals surface area contributed by atoms with Crippen LogP contribution in [0.1, 0.15) is 24.4 Å². The Kier molecular flexibility index (Phi) is 3.24. The van der Waals surface area contributed by atoms with E-state index in [4.69, 9.17) is 5.26 Å². The maximum Gasteiger partial charge on any atom is 0.256 e. The van der Waals surface area contributed by atoms with Crippen molar-refractivity contribution < 1.29 is 0 Å². The Hall–Kier alpha value is -2.94. The first kappa shape index (κ1) is 13.1. The van der Waals surface area contributed by atoms with Crippen LogP contribution >= 0.6 is 0 Å². The van der Waals surface area contributed by atoms with Gasteiger partial charge in [0.05, 0.1) is 6.04 Å². The van der Waals surface area contributed by atoms with E-state index in [0.29, 0.717) is 5.65 Å². The van der Waals surface area contributed by atoms with Gasteiger partial charge in [0.1, 0.15) is 11.9 Å². The highest BCUT2D eigenvalue weighted by Gasteiger charge is 2.15. The predicted octanol–water partition coefficient (Wildman–Crippen LogP) is 2.19. The summed E-state index contributed by atoms with van der Waals surface area (Å²) >= 11 is 0. The van der Waals surface area contributed by atoms with Crippen molar-refractivity contribution in [1.29, 1.82) is 5.26 Å². The van der Waals surface area contributed by atoms with Crippen molar-refractivity contribution in [3.63, 3.8) is 0 Å². The minimum atomic E-state index is 0.165. The van der Waals surface area contributed by atoms with E-state index in [-0.39, 0.29) is 11.9 Å². The van der Waals surface area contributed by atoms with Crippen LogP contribution in [0, 0.1) is 11.3 Å². The molecule has 0 unspecified atom stereocenters. The van der Waals surface area contributed by atoms with Crippen LogP contribution in [0.3, 0.4) is 0 Å². The molecule has 0 aliphatic rings. The van der Waals surface area contributed by atoms with E-state index >= 15 is 0 Å². The Morgan fingerprint density at radius 1 is 1.14 bits per heavy atom. The molecule has 0 fully saturated rings. The minimum Gasteiger partial charge on any atom is -0.351 e. The summed E-state index contributed by atoms with van der Waals surface area (Å²) in [5.41, 5.74) is 1.77. The first-order valence-electron chi connectivity index (χ1n) is 6.61. The third-order valence-electron chi connectivity index (χ3n) is 3.57. The van der Waals surface area contributed by atoms with Gasteiger partial charge in [-0.25, -0.2) is 0 Å². The second-order valence-corrected chi connectivity index (χ2v) is 4.79. The van der Waals surface area contributed by atoms with Crippen molar-refractivity contribution in [3.05, 3.63) is 53.9 Å². The molecule has 0 amide bonds. The van der Waals surface area contributed by atoms with Crippen molar-refractivity contribution in [3.8, 4) is 6.07 Å². The van der Waals surface area contributed by atoms with Gasteiger partial charge >= 0.3 is 0 Å². The number of hydrogen-bond acceptors (Lipinski definition) is 5. The lowest BCUT2D eigenvalue weighted by atomic mass is 10.1. The smallest absolute Gasteiger partial charge is 0.256 e. The monoisotopic (exact) mass is 278 g/mol. The Morgan fingerprint density at radius 3 is 2.62 bits per heavy atom. The molecule has 6 heteroatoms. The number of benzene rings is 1. The second kappa shape index (κ2) is 5.21. The van der Waals surface area contributed by atoms with Crippen LogP contribution in [0.15, 0.2) is 42.5 Å². The number of fused-ring (bicyclic) bond motifs is 1. The van der Waals surface area contributed by atoms with Crippen LogP contribution in [0.5, 0.6) is 0 Å². The molecule has 0 aliphatic heterocycles. The normalized spacial score (nSPS) is 12.0. The standard InChI is InChI=1S/C15H14N6/c1-11(12-6-4-3-5-7-12)20(2)14-9-8-13-17-18-15(10-16)21(13)19-14/h3-9,11H,1-2H3/t11-/m0/s1. The molecule has 0 spiro atoms. The van der Waals surface area contributed by atoms with Crippen LogP contribution in [0.25, 0.3) is 5.65 Å². The number of hydrogen-bond donors (Lipinski definition) is 0. The first-order chi connectivity index (χ1) is 10.2. The summed E-state index contributed by atoms with van der Waals surface area (Å²) in [4.78, 5) is 2.05. The SMILES string of the molecule is C[C@@H](c1ccccc1)N(C)c1ccc2nnc(C#N)n2n1. The largest absolute Gasteiger partial charge is 0.351 e. The molecule has 2 aromatic heterocycles. The van der Waals surface area contributed by atoms with E-state index in [2.05, 4.69) is 39.3 Å². The molecule has 1 atom stereocenters. The predicted molar refractivity (Wildman–Crippen MR) is 78.8 cm³/mol. The highest BCUT2D eigenvalue weighted by Crippen LogP contribution is 2.23. The molecule has 3 rings (SSSR count). The van der Waals surface area contributed by atoms with Crippen LogP contribution in [-0.2, 0) is 0 Å². The molecular weight excluding hydrogens is 264 g/mol. The van der Waals surface area contributed by atoms with Crippen LogP contribution in [0.2, 0.25) is 0 Å². The molecule has 21 heavy (non-hydrogen) atoms. The molecule has 0 saturated heterocycles. The molecule has 0 radical (unpaired) electrons. The van der Waals surface area contributed by atoms with Gasteiger partial charge in [0.15, 0.2) is 5.65 Å². The Bertz CT molecular complexity index is 802. The first-order valence-corrected chi connectivity index (χ1v) is 6.61. The number of rotatable bonds is 3. The van der Waals surface area contributed by atoms with Gasteiger partial charge in [-0.15, -0.1) is 15.3 Å². The van der Waals surface area contributed by atoms with Gasteiger partial charge in [-0.05, 0) is 24.6 Å². The number of anilines is 1. The van der Waals surface area contributed by atoms with Gasteiger partial charge in [-0.2, -0.15) is 9.78 Å². The summed E-state index contributed by atoms with van der Waals surface area (Å²) in [5, 5.41) is 21.2. The summed E-state index contributed by atoms with van der Waals surface area (Å²) in [6.45, 7) is 2.11. The summed E-state index contributed by atoms with van der Waals surface area (Å²) in [5.74, 6) is 0.947. The maximum absolute atomic E-state index is 9.01. The molecule has 0 N–H and O–H groups in total. The number of aromatic nitrogens is 4. The fourth-order valence-electron chi connectivity index (χ4n) is 2.19. The molecular formula is C15H14N6. The fraction of sp³-hybridized carbons (Fsp3) is 0.200. The zero-order chi connectivity index (χ0) is 14.8. The Morgan fingerprint density at radius 2 is 1.90 bits per heavy atom. The van der Waals surface area contributed by atoms with Crippen molar-refractivity contribution in [2.24, 2.45) is 0 Å². The number of nitrogens with zero attached hydrogens (tertiary/aromatic N) is 6. The van der Waals surface area contributed by atoms with E-state index in [1.54, 1.807) is 0 Å². The van der Waals surface area contributed by atoms with Gasteiger partial charge < -0.3 is 4.90 Å². The highest BCUT2D eigenvalue weighted by molar-refractivity contribution is 5.47. The molecule has 0 bridgehead atoms. The van der Waals surface area contributed by atoms with Crippen LogP contribution < -0.4 is 4.90 Å². The van der Waals surface area contributed by atoms with Crippen LogP contribution in [0.4, 0.5) is 5.82 Å². The van der Waals surface area contributed by atoms with Crippen molar-refractivity contribution >= 4 is 11.5 Å². The van der Waals surface area contributed by atoms with Crippen molar-refractivity contribution in [1.82, 2.24) is 19.8 Å². The third kappa shape index (κ3) is 2.30. The lowest BCUT2D eigenvalue weighted by Crippen LogP contribution is -2.23. The summed E-state index contributed by atoms with van der Waals surface area (Å²) in [7, 11) is 1.97. The van der Waals surface area contributed by atoms with E-state index in [0.717, 1.165) is 5.82 Å². The fourth-order valence-corrected chi connectivity index (χ4v) is 2.19. The molecule has 0 aliphatic carbocycles.